The third-order valence-corrected chi connectivity index (χ3v) is 5.35. The van der Waals surface area contributed by atoms with Crippen LogP contribution in [0.2, 0.25) is 5.02 Å². The van der Waals surface area contributed by atoms with E-state index in [1.165, 1.54) is 4.88 Å². The van der Waals surface area contributed by atoms with Crippen molar-refractivity contribution in [1.82, 2.24) is 20.6 Å². The van der Waals surface area contributed by atoms with Crippen molar-refractivity contribution in [2.24, 2.45) is 4.99 Å². The first kappa shape index (κ1) is 21.2. The summed E-state index contributed by atoms with van der Waals surface area (Å²) in [5, 5.41) is 7.55. The van der Waals surface area contributed by atoms with Crippen LogP contribution in [0.5, 0.6) is 0 Å². The number of guanidine groups is 1. The number of anilines is 1. The van der Waals surface area contributed by atoms with Gasteiger partial charge in [0.1, 0.15) is 5.82 Å². The summed E-state index contributed by atoms with van der Waals surface area (Å²) in [5.41, 5.74) is 2.92. The van der Waals surface area contributed by atoms with Gasteiger partial charge in [-0.25, -0.2) is 15.0 Å². The number of hydrogen-bond acceptors (Lipinski definition) is 5. The Morgan fingerprint density at radius 3 is 3.00 bits per heavy atom. The second kappa shape index (κ2) is 10.3. The molecule has 1 atom stereocenters. The summed E-state index contributed by atoms with van der Waals surface area (Å²) in [5.74, 6) is 1.70. The Morgan fingerprint density at radius 2 is 2.31 bits per heavy atom. The molecule has 0 aliphatic carbocycles. The van der Waals surface area contributed by atoms with Gasteiger partial charge in [0.25, 0.3) is 0 Å². The van der Waals surface area contributed by atoms with Gasteiger partial charge < -0.3 is 15.5 Å². The molecule has 3 heterocycles. The Morgan fingerprint density at radius 1 is 1.46 bits per heavy atom. The molecule has 0 bridgehead atoms. The third kappa shape index (κ3) is 5.43. The largest absolute Gasteiger partial charge is 0.357 e. The van der Waals surface area contributed by atoms with Crippen molar-refractivity contribution in [2.75, 3.05) is 24.5 Å². The zero-order valence-corrected chi connectivity index (χ0v) is 18.8. The van der Waals surface area contributed by atoms with Crippen molar-refractivity contribution < 1.29 is 0 Å². The van der Waals surface area contributed by atoms with Gasteiger partial charge in [0.15, 0.2) is 5.96 Å². The molecule has 142 valence electrons. The first-order valence-corrected chi connectivity index (χ1v) is 9.72. The predicted molar refractivity (Wildman–Crippen MR) is 120 cm³/mol. The average Bonchev–Trinajstić information content (AvgIpc) is 3.22. The molecule has 1 fully saturated rings. The lowest BCUT2D eigenvalue weighted by Crippen LogP contribution is -2.44. The molecule has 0 aromatic carbocycles. The highest BCUT2D eigenvalue weighted by atomic mass is 127. The molecule has 1 unspecified atom stereocenters. The van der Waals surface area contributed by atoms with E-state index in [9.17, 15) is 0 Å². The summed E-state index contributed by atoms with van der Waals surface area (Å²) in [6.07, 6.45) is 2.81. The molecule has 6 nitrogen and oxygen atoms in total. The van der Waals surface area contributed by atoms with Crippen LogP contribution in [0.1, 0.15) is 23.9 Å². The molecule has 1 saturated heterocycles. The standard InChI is InChI=1S/C17H23ClN6S.HI/c1-3-19-17(21-9-15-12(2)22-11-25-15)23-13-6-8-24(10-13)16-14(18)5-4-7-20-16;/h4-5,7,11,13H,3,6,8-10H2,1-2H3,(H2,19,21,23);1H. The normalized spacial score (nSPS) is 17.1. The molecule has 2 N–H and O–H groups in total. The van der Waals surface area contributed by atoms with E-state index in [1.807, 2.05) is 24.6 Å². The Bertz CT molecular complexity index is 738. The van der Waals surface area contributed by atoms with Crippen LogP contribution in [0.25, 0.3) is 0 Å². The van der Waals surface area contributed by atoms with E-state index in [2.05, 4.69) is 32.4 Å². The van der Waals surface area contributed by atoms with Gasteiger partial charge in [0.05, 0.1) is 22.8 Å². The monoisotopic (exact) mass is 506 g/mol. The van der Waals surface area contributed by atoms with Crippen LogP contribution in [0.15, 0.2) is 28.8 Å². The van der Waals surface area contributed by atoms with Crippen LogP contribution in [0.4, 0.5) is 5.82 Å². The van der Waals surface area contributed by atoms with Crippen LogP contribution in [-0.4, -0.2) is 41.6 Å². The number of nitrogens with zero attached hydrogens (tertiary/aromatic N) is 4. The van der Waals surface area contributed by atoms with Gasteiger partial charge in [0, 0.05) is 36.8 Å². The topological polar surface area (TPSA) is 65.4 Å². The van der Waals surface area contributed by atoms with E-state index in [1.54, 1.807) is 17.5 Å². The summed E-state index contributed by atoms with van der Waals surface area (Å²) in [6.45, 7) is 7.36. The van der Waals surface area contributed by atoms with Crippen molar-refractivity contribution in [3.63, 3.8) is 0 Å². The molecule has 2 aromatic heterocycles. The molecule has 3 rings (SSSR count). The average molecular weight is 507 g/mol. The zero-order valence-electron chi connectivity index (χ0n) is 14.9. The van der Waals surface area contributed by atoms with Crippen LogP contribution in [0, 0.1) is 6.92 Å². The first-order chi connectivity index (χ1) is 12.2. The fraction of sp³-hybridized carbons (Fsp3) is 0.471. The van der Waals surface area contributed by atoms with E-state index in [4.69, 9.17) is 16.6 Å². The molecule has 1 aliphatic heterocycles. The van der Waals surface area contributed by atoms with Gasteiger partial charge in [-0.1, -0.05) is 11.6 Å². The number of halogens is 2. The maximum Gasteiger partial charge on any atom is 0.191 e. The van der Waals surface area contributed by atoms with E-state index >= 15 is 0 Å². The number of hydrogen-bond donors (Lipinski definition) is 2. The fourth-order valence-electron chi connectivity index (χ4n) is 2.82. The SMILES string of the molecule is CCNC(=NCc1scnc1C)NC1CCN(c2ncccc2Cl)C1.I. The molecule has 1 aliphatic rings. The minimum atomic E-state index is 0. The maximum absolute atomic E-state index is 6.26. The van der Waals surface area contributed by atoms with Crippen molar-refractivity contribution in [1.29, 1.82) is 0 Å². The van der Waals surface area contributed by atoms with E-state index in [-0.39, 0.29) is 24.0 Å². The Kier molecular flexibility index (Phi) is 8.36. The van der Waals surface area contributed by atoms with E-state index in [0.717, 1.165) is 43.5 Å². The quantitative estimate of drug-likeness (QED) is 0.369. The minimum Gasteiger partial charge on any atom is -0.357 e. The third-order valence-electron chi connectivity index (χ3n) is 4.14. The second-order valence-electron chi connectivity index (χ2n) is 5.94. The Hall–Kier alpha value is -1.13. The first-order valence-electron chi connectivity index (χ1n) is 8.46. The lowest BCUT2D eigenvalue weighted by atomic mass is 10.3. The maximum atomic E-state index is 6.26. The number of nitrogens with one attached hydrogen (secondary N) is 2. The van der Waals surface area contributed by atoms with Gasteiger partial charge in [-0.15, -0.1) is 35.3 Å². The molecule has 0 spiro atoms. The molecule has 0 amide bonds. The van der Waals surface area contributed by atoms with Gasteiger partial charge in [-0.3, -0.25) is 0 Å². The number of thiazole rings is 1. The van der Waals surface area contributed by atoms with E-state index < -0.39 is 0 Å². The van der Waals surface area contributed by atoms with Gasteiger partial charge in [0.2, 0.25) is 0 Å². The number of pyridine rings is 1. The number of rotatable bonds is 5. The molecule has 0 radical (unpaired) electrons. The summed E-state index contributed by atoms with van der Waals surface area (Å²) < 4.78 is 0. The highest BCUT2D eigenvalue weighted by molar-refractivity contribution is 14.0. The Balaban J connectivity index is 0.00000243. The van der Waals surface area contributed by atoms with Crippen LogP contribution < -0.4 is 15.5 Å². The van der Waals surface area contributed by atoms with Crippen molar-refractivity contribution in [3.8, 4) is 0 Å². The fourth-order valence-corrected chi connectivity index (χ4v) is 3.76. The summed E-state index contributed by atoms with van der Waals surface area (Å²) >= 11 is 7.91. The second-order valence-corrected chi connectivity index (χ2v) is 7.29. The predicted octanol–water partition coefficient (Wildman–Crippen LogP) is 3.45. The highest BCUT2D eigenvalue weighted by Gasteiger charge is 2.25. The van der Waals surface area contributed by atoms with Gasteiger partial charge in [-0.05, 0) is 32.4 Å². The van der Waals surface area contributed by atoms with Crippen LogP contribution >= 0.6 is 46.9 Å². The molecule has 26 heavy (non-hydrogen) atoms. The van der Waals surface area contributed by atoms with Crippen molar-refractivity contribution in [3.05, 3.63) is 39.4 Å². The van der Waals surface area contributed by atoms with Crippen molar-refractivity contribution in [2.45, 2.75) is 32.9 Å². The van der Waals surface area contributed by atoms with Crippen LogP contribution in [-0.2, 0) is 6.54 Å². The molecule has 9 heteroatoms. The summed E-state index contributed by atoms with van der Waals surface area (Å²) in [6, 6.07) is 4.06. The Labute approximate surface area is 180 Å². The highest BCUT2D eigenvalue weighted by Crippen LogP contribution is 2.25. The summed E-state index contributed by atoms with van der Waals surface area (Å²) in [7, 11) is 0. The minimum absolute atomic E-state index is 0. The van der Waals surface area contributed by atoms with Crippen molar-refractivity contribution >= 4 is 58.7 Å². The number of aryl methyl sites for hydroxylation is 1. The lowest BCUT2D eigenvalue weighted by Gasteiger charge is -2.20. The number of aromatic nitrogens is 2. The molecular weight excluding hydrogens is 483 g/mol. The van der Waals surface area contributed by atoms with Gasteiger partial charge >= 0.3 is 0 Å². The molecule has 2 aromatic rings. The van der Waals surface area contributed by atoms with E-state index in [0.29, 0.717) is 17.6 Å². The molecule has 0 saturated carbocycles. The summed E-state index contributed by atoms with van der Waals surface area (Å²) in [4.78, 5) is 16.8. The lowest BCUT2D eigenvalue weighted by molar-refractivity contribution is 0.649. The van der Waals surface area contributed by atoms with Gasteiger partial charge in [-0.2, -0.15) is 0 Å². The number of aliphatic imine (C=N–C) groups is 1. The van der Waals surface area contributed by atoms with Crippen LogP contribution in [0.3, 0.4) is 0 Å². The smallest absolute Gasteiger partial charge is 0.191 e. The zero-order chi connectivity index (χ0) is 17.6. The molecular formula is C17H24ClIN6S.